The first-order valence-electron chi connectivity index (χ1n) is 9.64. The molecular weight excluding hydrogens is 350 g/mol. The molecule has 5 heteroatoms. The molecule has 1 aliphatic rings. The predicted octanol–water partition coefficient (Wildman–Crippen LogP) is 5.09. The van der Waals surface area contributed by atoms with Gasteiger partial charge in [-0.15, -0.1) is 0 Å². The lowest BCUT2D eigenvalue weighted by atomic mass is 9.94. The van der Waals surface area contributed by atoms with Crippen molar-refractivity contribution in [2.24, 2.45) is 0 Å². The lowest BCUT2D eigenvalue weighted by Gasteiger charge is -2.30. The molecule has 3 rings (SSSR count). The summed E-state index contributed by atoms with van der Waals surface area (Å²) in [5, 5.41) is 12.2. The monoisotopic (exact) mass is 375 g/mol. The molecule has 0 heterocycles. The third kappa shape index (κ3) is 5.37. The number of amides is 1. The van der Waals surface area contributed by atoms with Crippen LogP contribution in [0, 0.1) is 11.3 Å². The van der Waals surface area contributed by atoms with E-state index in [2.05, 4.69) is 5.32 Å². The first kappa shape index (κ1) is 19.5. The molecule has 1 saturated carbocycles. The van der Waals surface area contributed by atoms with Crippen LogP contribution >= 0.6 is 0 Å². The molecule has 1 aliphatic carbocycles. The van der Waals surface area contributed by atoms with Crippen LogP contribution in [0.4, 0.5) is 5.69 Å². The Morgan fingerprint density at radius 3 is 2.36 bits per heavy atom. The minimum Gasteiger partial charge on any atom is -0.457 e. The van der Waals surface area contributed by atoms with Crippen LogP contribution in [0.1, 0.15) is 32.1 Å². The maximum atomic E-state index is 12.5. The molecule has 28 heavy (non-hydrogen) atoms. The van der Waals surface area contributed by atoms with E-state index in [0.717, 1.165) is 18.6 Å². The molecule has 1 amide bonds. The molecular formula is C23H25N3O2. The highest BCUT2D eigenvalue weighted by molar-refractivity contribution is 6.06. The molecule has 0 aromatic heterocycles. The molecule has 0 atom stereocenters. The molecule has 5 nitrogen and oxygen atoms in total. The van der Waals surface area contributed by atoms with Crippen molar-refractivity contribution in [2.45, 2.75) is 38.1 Å². The molecule has 144 valence electrons. The normalized spacial score (nSPS) is 14.8. The number of nitrogens with one attached hydrogen (secondary N) is 1. The van der Waals surface area contributed by atoms with E-state index in [9.17, 15) is 10.1 Å². The SMILES string of the molecule is CN(/C=C(/C#N)C(=O)Nc1ccc(Oc2ccccc2)cc1)C1CCCCC1. The Morgan fingerprint density at radius 2 is 1.71 bits per heavy atom. The quantitative estimate of drug-likeness (QED) is 0.564. The number of hydrogen-bond donors (Lipinski definition) is 1. The van der Waals surface area contributed by atoms with Crippen molar-refractivity contribution in [3.63, 3.8) is 0 Å². The highest BCUT2D eigenvalue weighted by Crippen LogP contribution is 2.24. The Hall–Kier alpha value is -3.26. The lowest BCUT2D eigenvalue weighted by molar-refractivity contribution is -0.112. The van der Waals surface area contributed by atoms with Gasteiger partial charge in [-0.1, -0.05) is 37.5 Å². The second kappa shape index (κ2) is 9.61. The molecule has 0 unspecified atom stereocenters. The van der Waals surface area contributed by atoms with Gasteiger partial charge in [0.05, 0.1) is 0 Å². The summed E-state index contributed by atoms with van der Waals surface area (Å²) < 4.78 is 5.74. The number of nitrogens with zero attached hydrogens (tertiary/aromatic N) is 2. The third-order valence-corrected chi connectivity index (χ3v) is 4.94. The number of carbonyl (C=O) groups is 1. The maximum absolute atomic E-state index is 12.5. The van der Waals surface area contributed by atoms with E-state index in [1.807, 2.05) is 48.3 Å². The van der Waals surface area contributed by atoms with E-state index in [-0.39, 0.29) is 5.57 Å². The first-order chi connectivity index (χ1) is 13.7. The second-order valence-corrected chi connectivity index (χ2v) is 7.01. The second-order valence-electron chi connectivity index (χ2n) is 7.01. The zero-order valence-corrected chi connectivity index (χ0v) is 16.1. The zero-order chi connectivity index (χ0) is 19.8. The van der Waals surface area contributed by atoms with Crippen molar-refractivity contribution < 1.29 is 9.53 Å². The van der Waals surface area contributed by atoms with E-state index >= 15 is 0 Å². The van der Waals surface area contributed by atoms with E-state index in [1.54, 1.807) is 30.5 Å². The van der Waals surface area contributed by atoms with Crippen LogP contribution in [0.25, 0.3) is 0 Å². The smallest absolute Gasteiger partial charge is 0.267 e. The topological polar surface area (TPSA) is 65.4 Å². The van der Waals surface area contributed by atoms with E-state index < -0.39 is 5.91 Å². The van der Waals surface area contributed by atoms with Gasteiger partial charge in [-0.2, -0.15) is 5.26 Å². The van der Waals surface area contributed by atoms with Crippen molar-refractivity contribution in [1.29, 1.82) is 5.26 Å². The summed E-state index contributed by atoms with van der Waals surface area (Å²) in [7, 11) is 1.94. The van der Waals surface area contributed by atoms with Crippen LogP contribution < -0.4 is 10.1 Å². The van der Waals surface area contributed by atoms with Gasteiger partial charge in [0.25, 0.3) is 5.91 Å². The zero-order valence-electron chi connectivity index (χ0n) is 16.1. The van der Waals surface area contributed by atoms with Gasteiger partial charge in [0.15, 0.2) is 0 Å². The lowest BCUT2D eigenvalue weighted by Crippen LogP contribution is -2.30. The van der Waals surface area contributed by atoms with E-state index in [1.165, 1.54) is 19.3 Å². The van der Waals surface area contributed by atoms with Crippen molar-refractivity contribution in [1.82, 2.24) is 4.90 Å². The Labute approximate surface area is 166 Å². The summed E-state index contributed by atoms with van der Waals surface area (Å²) >= 11 is 0. The number of anilines is 1. The van der Waals surface area contributed by atoms with Crippen LogP contribution in [-0.4, -0.2) is 23.9 Å². The molecule has 0 spiro atoms. The van der Waals surface area contributed by atoms with Crippen LogP contribution in [0.15, 0.2) is 66.4 Å². The van der Waals surface area contributed by atoms with Crippen molar-refractivity contribution in [3.05, 3.63) is 66.4 Å². The summed E-state index contributed by atoms with van der Waals surface area (Å²) in [4.78, 5) is 14.5. The third-order valence-electron chi connectivity index (χ3n) is 4.94. The number of rotatable bonds is 6. The van der Waals surface area contributed by atoms with E-state index in [0.29, 0.717) is 17.5 Å². The fourth-order valence-corrected chi connectivity index (χ4v) is 3.36. The van der Waals surface area contributed by atoms with Crippen LogP contribution in [0.2, 0.25) is 0 Å². The van der Waals surface area contributed by atoms with Gasteiger partial charge >= 0.3 is 0 Å². The fourth-order valence-electron chi connectivity index (χ4n) is 3.36. The Kier molecular flexibility index (Phi) is 6.69. The molecule has 0 saturated heterocycles. The molecule has 0 radical (unpaired) electrons. The Balaban J connectivity index is 1.60. The van der Waals surface area contributed by atoms with Crippen LogP contribution in [-0.2, 0) is 4.79 Å². The Morgan fingerprint density at radius 1 is 1.07 bits per heavy atom. The number of nitriles is 1. The average molecular weight is 375 g/mol. The average Bonchev–Trinajstić information content (AvgIpc) is 2.74. The van der Waals surface area contributed by atoms with Gasteiger partial charge in [-0.3, -0.25) is 4.79 Å². The largest absolute Gasteiger partial charge is 0.457 e. The summed E-state index contributed by atoms with van der Waals surface area (Å²) in [6.07, 6.45) is 7.55. The van der Waals surface area contributed by atoms with Gasteiger partial charge in [0.1, 0.15) is 23.1 Å². The molecule has 2 aromatic rings. The van der Waals surface area contributed by atoms with Crippen LogP contribution in [0.3, 0.4) is 0 Å². The Bertz CT molecular complexity index is 848. The number of carbonyl (C=O) groups excluding carboxylic acids is 1. The van der Waals surface area contributed by atoms with Crippen molar-refractivity contribution in [3.8, 4) is 17.6 Å². The van der Waals surface area contributed by atoms with Gasteiger partial charge in [-0.25, -0.2) is 0 Å². The van der Waals surface area contributed by atoms with Gasteiger partial charge in [0, 0.05) is 25.0 Å². The summed E-state index contributed by atoms with van der Waals surface area (Å²) in [5.41, 5.74) is 0.726. The maximum Gasteiger partial charge on any atom is 0.267 e. The first-order valence-corrected chi connectivity index (χ1v) is 9.64. The van der Waals surface area contributed by atoms with E-state index in [4.69, 9.17) is 4.74 Å². The highest BCUT2D eigenvalue weighted by Gasteiger charge is 2.18. The predicted molar refractivity (Wildman–Crippen MR) is 110 cm³/mol. The van der Waals surface area contributed by atoms with Crippen molar-refractivity contribution >= 4 is 11.6 Å². The minimum atomic E-state index is -0.401. The van der Waals surface area contributed by atoms with Gasteiger partial charge in [0.2, 0.25) is 0 Å². The number of ether oxygens (including phenoxy) is 1. The number of benzene rings is 2. The highest BCUT2D eigenvalue weighted by atomic mass is 16.5. The van der Waals surface area contributed by atoms with Gasteiger partial charge < -0.3 is 15.0 Å². The van der Waals surface area contributed by atoms with Crippen molar-refractivity contribution in [2.75, 3.05) is 12.4 Å². The van der Waals surface area contributed by atoms with Gasteiger partial charge in [-0.05, 0) is 49.2 Å². The molecule has 1 fully saturated rings. The number of para-hydroxylation sites is 1. The fraction of sp³-hybridized carbons (Fsp3) is 0.304. The summed E-state index contributed by atoms with van der Waals surface area (Å²) in [6.45, 7) is 0. The van der Waals surface area contributed by atoms with Crippen LogP contribution in [0.5, 0.6) is 11.5 Å². The molecule has 0 aliphatic heterocycles. The standard InChI is InChI=1S/C23H25N3O2/c1-26(20-8-4-2-5-9-20)17-18(16-24)23(27)25-19-12-14-22(15-13-19)28-21-10-6-3-7-11-21/h3,6-7,10-15,17,20H,2,4-5,8-9H2,1H3,(H,25,27)/b18-17-. The molecule has 0 bridgehead atoms. The summed E-state index contributed by atoms with van der Waals surface area (Å²) in [6, 6.07) is 19.0. The molecule has 2 aromatic carbocycles. The number of hydrogen-bond acceptors (Lipinski definition) is 4. The summed E-state index contributed by atoms with van der Waals surface area (Å²) in [5.74, 6) is 1.03. The molecule has 1 N–H and O–H groups in total. The minimum absolute atomic E-state index is 0.109.